The van der Waals surface area contributed by atoms with Gasteiger partial charge in [-0.1, -0.05) is 196 Å². The fourth-order valence-corrected chi connectivity index (χ4v) is 10.3. The highest BCUT2D eigenvalue weighted by Gasteiger charge is 2.35. The van der Waals surface area contributed by atoms with E-state index in [9.17, 15) is 0 Å². The fraction of sp³-hybridized carbons (Fsp3) is 0.0476. The van der Waals surface area contributed by atoms with Gasteiger partial charge in [-0.15, -0.1) is 0 Å². The normalized spacial score (nSPS) is 12.6. The molecule has 308 valence electrons. The van der Waals surface area contributed by atoms with Crippen LogP contribution in [-0.4, -0.2) is 0 Å². The molecule has 10 aromatic carbocycles. The number of hydrogen-bond acceptors (Lipinski definition) is 2. The van der Waals surface area contributed by atoms with E-state index in [-0.39, 0.29) is 5.41 Å². The second-order valence-electron chi connectivity index (χ2n) is 17.6. The lowest BCUT2D eigenvalue weighted by molar-refractivity contribution is 0.660. The number of fused-ring (bicyclic) bond motifs is 6. The molecule has 0 amide bonds. The van der Waals surface area contributed by atoms with Crippen LogP contribution in [0.4, 0.5) is 17.1 Å². The maximum Gasteiger partial charge on any atom is 0.136 e. The van der Waals surface area contributed by atoms with Crippen LogP contribution in [0.2, 0.25) is 0 Å². The van der Waals surface area contributed by atoms with Gasteiger partial charge in [0.15, 0.2) is 0 Å². The summed E-state index contributed by atoms with van der Waals surface area (Å²) in [7, 11) is 0. The third-order valence-electron chi connectivity index (χ3n) is 13.5. The summed E-state index contributed by atoms with van der Waals surface area (Å²) in [6.45, 7) is 4.70. The van der Waals surface area contributed by atoms with Crippen LogP contribution in [0.25, 0.3) is 88.7 Å². The molecule has 0 atom stereocenters. The number of para-hydroxylation sites is 2. The molecule has 0 radical (unpaired) electrons. The van der Waals surface area contributed by atoms with Gasteiger partial charge < -0.3 is 9.32 Å². The molecule has 2 nitrogen and oxygen atoms in total. The summed E-state index contributed by atoms with van der Waals surface area (Å²) in [4.78, 5) is 2.42. The largest absolute Gasteiger partial charge is 0.456 e. The third kappa shape index (κ3) is 6.57. The molecular weight excluding hydrogens is 787 g/mol. The van der Waals surface area contributed by atoms with Crippen LogP contribution < -0.4 is 4.90 Å². The highest BCUT2D eigenvalue weighted by molar-refractivity contribution is 6.06. The van der Waals surface area contributed by atoms with Crippen LogP contribution >= 0.6 is 0 Å². The minimum absolute atomic E-state index is 0.0692. The number of benzene rings is 10. The Bertz CT molecular complexity index is 3580. The summed E-state index contributed by atoms with van der Waals surface area (Å²) in [6, 6.07) is 85.9. The van der Waals surface area contributed by atoms with E-state index in [0.29, 0.717) is 0 Å². The van der Waals surface area contributed by atoms with Gasteiger partial charge in [0, 0.05) is 33.1 Å². The first-order valence-electron chi connectivity index (χ1n) is 22.5. The molecule has 0 spiro atoms. The second-order valence-corrected chi connectivity index (χ2v) is 17.6. The highest BCUT2D eigenvalue weighted by atomic mass is 16.3. The highest BCUT2D eigenvalue weighted by Crippen LogP contribution is 2.50. The van der Waals surface area contributed by atoms with Gasteiger partial charge in [-0.05, 0) is 127 Å². The van der Waals surface area contributed by atoms with Crippen LogP contribution in [0.15, 0.2) is 241 Å². The summed E-state index contributed by atoms with van der Waals surface area (Å²) in [5.74, 6) is 0. The number of rotatable bonds is 8. The zero-order chi connectivity index (χ0) is 43.5. The third-order valence-corrected chi connectivity index (χ3v) is 13.5. The number of anilines is 3. The van der Waals surface area contributed by atoms with E-state index in [0.717, 1.165) is 55.7 Å². The Hall–Kier alpha value is -8.20. The van der Waals surface area contributed by atoms with Gasteiger partial charge in [0.1, 0.15) is 11.2 Å². The summed E-state index contributed by atoms with van der Waals surface area (Å²) in [5, 5.41) is 2.26. The zero-order valence-corrected chi connectivity index (χ0v) is 36.4. The Balaban J connectivity index is 1.00. The number of hydrogen-bond donors (Lipinski definition) is 0. The minimum Gasteiger partial charge on any atom is -0.456 e. The maximum atomic E-state index is 6.37. The van der Waals surface area contributed by atoms with Gasteiger partial charge >= 0.3 is 0 Å². The summed E-state index contributed by atoms with van der Waals surface area (Å²) in [6.07, 6.45) is 0. The summed E-state index contributed by atoms with van der Waals surface area (Å²) < 4.78 is 6.37. The molecule has 0 saturated heterocycles. The van der Waals surface area contributed by atoms with Gasteiger partial charge in [0.05, 0.1) is 5.69 Å². The van der Waals surface area contributed by atoms with Crippen molar-refractivity contribution in [2.75, 3.05) is 4.90 Å². The Morgan fingerprint density at radius 2 is 0.846 bits per heavy atom. The predicted molar refractivity (Wildman–Crippen MR) is 273 cm³/mol. The van der Waals surface area contributed by atoms with Crippen LogP contribution in [0.3, 0.4) is 0 Å². The van der Waals surface area contributed by atoms with E-state index in [1.165, 1.54) is 61.2 Å². The molecule has 0 fully saturated rings. The average Bonchev–Trinajstić information content (AvgIpc) is 3.85. The second kappa shape index (κ2) is 15.6. The van der Waals surface area contributed by atoms with Crippen LogP contribution in [0.1, 0.15) is 25.0 Å². The van der Waals surface area contributed by atoms with Gasteiger partial charge in [-0.3, -0.25) is 0 Å². The van der Waals surface area contributed by atoms with E-state index in [4.69, 9.17) is 4.42 Å². The van der Waals surface area contributed by atoms with Crippen molar-refractivity contribution < 1.29 is 4.42 Å². The van der Waals surface area contributed by atoms with Crippen LogP contribution in [-0.2, 0) is 5.41 Å². The smallest absolute Gasteiger partial charge is 0.136 e. The van der Waals surface area contributed by atoms with E-state index >= 15 is 0 Å². The monoisotopic (exact) mass is 831 g/mol. The quantitative estimate of drug-likeness (QED) is 0.152. The molecule has 2 heteroatoms. The Kier molecular flexibility index (Phi) is 9.21. The molecule has 11 aromatic rings. The van der Waals surface area contributed by atoms with E-state index in [2.05, 4.69) is 243 Å². The van der Waals surface area contributed by atoms with Crippen molar-refractivity contribution in [3.63, 3.8) is 0 Å². The van der Waals surface area contributed by atoms with Crippen molar-refractivity contribution in [3.05, 3.63) is 248 Å². The molecule has 12 rings (SSSR count). The molecule has 0 saturated carbocycles. The van der Waals surface area contributed by atoms with E-state index < -0.39 is 0 Å². The first kappa shape index (κ1) is 38.5. The van der Waals surface area contributed by atoms with E-state index in [1.807, 2.05) is 12.1 Å². The molecule has 65 heavy (non-hydrogen) atoms. The Morgan fingerprint density at radius 3 is 1.65 bits per heavy atom. The molecular formula is C63H45NO. The SMILES string of the molecule is CC1(C)c2ccccc2-c2ccc(-c3ccc(N(c4cccc(-c5ccc6c(c5)oc5ccccc56)c4)c4ccccc4-c4ccccc4-c4ccccc4-c4ccccc4)cc3)cc21. The molecule has 0 N–H and O–H groups in total. The maximum absolute atomic E-state index is 6.37. The van der Waals surface area contributed by atoms with Gasteiger partial charge in [0.25, 0.3) is 0 Å². The van der Waals surface area contributed by atoms with Crippen LogP contribution in [0.5, 0.6) is 0 Å². The molecule has 1 aliphatic rings. The molecule has 1 heterocycles. The summed E-state index contributed by atoms with van der Waals surface area (Å²) in [5.41, 5.74) is 22.1. The van der Waals surface area contributed by atoms with Gasteiger partial charge in [0.2, 0.25) is 0 Å². The molecule has 0 unspecified atom stereocenters. The van der Waals surface area contributed by atoms with Crippen molar-refractivity contribution in [1.29, 1.82) is 0 Å². The van der Waals surface area contributed by atoms with E-state index in [1.54, 1.807) is 0 Å². The lowest BCUT2D eigenvalue weighted by Crippen LogP contribution is -2.14. The molecule has 0 aliphatic heterocycles. The Morgan fingerprint density at radius 1 is 0.308 bits per heavy atom. The number of furan rings is 1. The summed E-state index contributed by atoms with van der Waals surface area (Å²) >= 11 is 0. The predicted octanol–water partition coefficient (Wildman–Crippen LogP) is 17.7. The van der Waals surface area contributed by atoms with Crippen molar-refractivity contribution in [2.45, 2.75) is 19.3 Å². The van der Waals surface area contributed by atoms with Crippen molar-refractivity contribution >= 4 is 39.0 Å². The zero-order valence-electron chi connectivity index (χ0n) is 36.4. The standard InChI is InChI=1S/C63H45NO/c1-63(2)58-28-13-10-25-53(58)54-37-33-45(40-59(54)63)42-31-35-47(36-32-42)64(48-20-16-19-44(39-48)46-34-38-57-56-27-12-15-30-61(56)65-62(57)41-46)60-29-14-11-26-55(60)52-24-9-8-23-51(52)50-22-7-6-21-49(50)43-17-4-3-5-18-43/h3-41H,1-2H3. The first-order chi connectivity index (χ1) is 32.0. The molecule has 1 aromatic heterocycles. The van der Waals surface area contributed by atoms with Crippen molar-refractivity contribution in [2.24, 2.45) is 0 Å². The van der Waals surface area contributed by atoms with Crippen LogP contribution in [0, 0.1) is 0 Å². The Labute approximate surface area is 380 Å². The van der Waals surface area contributed by atoms with Gasteiger partial charge in [-0.2, -0.15) is 0 Å². The fourth-order valence-electron chi connectivity index (χ4n) is 10.3. The lowest BCUT2D eigenvalue weighted by Gasteiger charge is -2.29. The van der Waals surface area contributed by atoms with Crippen molar-refractivity contribution in [1.82, 2.24) is 0 Å². The topological polar surface area (TPSA) is 16.4 Å². The minimum atomic E-state index is -0.0692. The number of nitrogens with zero attached hydrogens (tertiary/aromatic N) is 1. The van der Waals surface area contributed by atoms with Gasteiger partial charge in [-0.25, -0.2) is 0 Å². The first-order valence-corrected chi connectivity index (χ1v) is 22.5. The average molecular weight is 832 g/mol. The molecule has 0 bridgehead atoms. The molecule has 1 aliphatic carbocycles. The van der Waals surface area contributed by atoms with Crippen molar-refractivity contribution in [3.8, 4) is 66.8 Å². The lowest BCUT2D eigenvalue weighted by atomic mass is 9.81.